The van der Waals surface area contributed by atoms with Crippen LogP contribution < -0.4 is 16.0 Å². The van der Waals surface area contributed by atoms with Gasteiger partial charge in [-0.1, -0.05) is 0 Å². The van der Waals surface area contributed by atoms with Gasteiger partial charge in [0, 0.05) is 14.1 Å². The number of fused-ring (bicyclic) bond motifs is 3. The molecule has 7 heteroatoms. The molecule has 0 bridgehead atoms. The number of benzene rings is 1. The predicted octanol–water partition coefficient (Wildman–Crippen LogP) is 1.98. The number of hydrogen-bond acceptors (Lipinski definition) is 4. The van der Waals surface area contributed by atoms with E-state index < -0.39 is 0 Å². The van der Waals surface area contributed by atoms with E-state index in [9.17, 15) is 9.59 Å². The molecular weight excluding hydrogens is 346 g/mol. The summed E-state index contributed by atoms with van der Waals surface area (Å²) in [5.74, 6) is 0.747. The fraction of sp³-hybridized carbons (Fsp3) is 0.400. The number of ether oxygens (including phenoxy) is 2. The van der Waals surface area contributed by atoms with Crippen LogP contribution in [0.25, 0.3) is 22.2 Å². The monoisotopic (exact) mass is 369 g/mol. The maximum atomic E-state index is 13.1. The van der Waals surface area contributed by atoms with Crippen molar-refractivity contribution in [2.24, 2.45) is 14.1 Å². The molecule has 142 valence electrons. The molecule has 3 heterocycles. The third-order valence-corrected chi connectivity index (χ3v) is 5.33. The molecule has 1 aromatic carbocycles. The topological polar surface area (TPSA) is 67.4 Å². The highest BCUT2D eigenvalue weighted by molar-refractivity contribution is 5.96. The van der Waals surface area contributed by atoms with E-state index in [1.54, 1.807) is 18.7 Å². The minimum Gasteiger partial charge on any atom is -0.497 e. The van der Waals surface area contributed by atoms with Gasteiger partial charge in [0.1, 0.15) is 5.75 Å². The van der Waals surface area contributed by atoms with E-state index >= 15 is 0 Å². The van der Waals surface area contributed by atoms with E-state index in [-0.39, 0.29) is 16.8 Å². The van der Waals surface area contributed by atoms with Crippen LogP contribution in [0.5, 0.6) is 5.75 Å². The van der Waals surface area contributed by atoms with E-state index in [1.807, 2.05) is 24.3 Å². The molecule has 27 heavy (non-hydrogen) atoms. The van der Waals surface area contributed by atoms with Crippen molar-refractivity contribution in [3.8, 4) is 17.0 Å². The third kappa shape index (κ3) is 2.38. The highest BCUT2D eigenvalue weighted by Crippen LogP contribution is 2.39. The predicted molar refractivity (Wildman–Crippen MR) is 103 cm³/mol. The Morgan fingerprint density at radius 1 is 1.07 bits per heavy atom. The smallest absolute Gasteiger partial charge is 0.331 e. The van der Waals surface area contributed by atoms with Crippen LogP contribution in [0.4, 0.5) is 0 Å². The van der Waals surface area contributed by atoms with Gasteiger partial charge in [0.15, 0.2) is 0 Å². The minimum absolute atomic E-state index is 0.295. The first-order valence-corrected chi connectivity index (χ1v) is 8.84. The summed E-state index contributed by atoms with van der Waals surface area (Å²) in [5.41, 5.74) is 2.21. The molecule has 0 radical (unpaired) electrons. The van der Waals surface area contributed by atoms with Crippen LogP contribution in [0.15, 0.2) is 33.9 Å². The fourth-order valence-electron chi connectivity index (χ4n) is 4.03. The van der Waals surface area contributed by atoms with Crippen LogP contribution in [-0.4, -0.2) is 27.4 Å². The van der Waals surface area contributed by atoms with Crippen LogP contribution in [0.2, 0.25) is 0 Å². The average molecular weight is 369 g/mol. The molecule has 1 aliphatic rings. The molecule has 0 saturated carbocycles. The number of aromatic nitrogens is 3. The van der Waals surface area contributed by atoms with Gasteiger partial charge in [-0.15, -0.1) is 0 Å². The number of hydrogen-bond donors (Lipinski definition) is 0. The number of rotatable bonds is 2. The summed E-state index contributed by atoms with van der Waals surface area (Å²) in [7, 11) is 4.83. The molecule has 0 N–H and O–H groups in total. The molecule has 0 aliphatic carbocycles. The Bertz CT molecular complexity index is 1160. The van der Waals surface area contributed by atoms with Gasteiger partial charge in [0.2, 0.25) is 0 Å². The molecule has 0 spiro atoms. The Hall–Kier alpha value is -2.80. The summed E-state index contributed by atoms with van der Waals surface area (Å²) >= 11 is 0. The molecule has 7 nitrogen and oxygen atoms in total. The van der Waals surface area contributed by atoms with E-state index in [2.05, 4.69) is 18.4 Å². The Morgan fingerprint density at radius 3 is 2.37 bits per heavy atom. The van der Waals surface area contributed by atoms with Crippen molar-refractivity contribution in [1.29, 1.82) is 0 Å². The highest BCUT2D eigenvalue weighted by Gasteiger charge is 2.35. The van der Waals surface area contributed by atoms with E-state index in [0.29, 0.717) is 24.1 Å². The third-order valence-electron chi connectivity index (χ3n) is 5.33. The second-order valence-corrected chi connectivity index (χ2v) is 7.59. The maximum absolute atomic E-state index is 13.1. The van der Waals surface area contributed by atoms with Gasteiger partial charge in [-0.3, -0.25) is 13.9 Å². The second kappa shape index (κ2) is 5.85. The average Bonchev–Trinajstić information content (AvgIpc) is 3.01. The van der Waals surface area contributed by atoms with Crippen molar-refractivity contribution >= 4 is 10.9 Å². The van der Waals surface area contributed by atoms with Gasteiger partial charge in [0.25, 0.3) is 5.56 Å². The van der Waals surface area contributed by atoms with Crippen LogP contribution in [-0.2, 0) is 31.0 Å². The molecule has 0 amide bonds. The molecule has 1 aliphatic heterocycles. The Balaban J connectivity index is 2.23. The normalized spacial score (nSPS) is 15.7. The highest BCUT2D eigenvalue weighted by atomic mass is 16.5. The van der Waals surface area contributed by atoms with Gasteiger partial charge in [-0.2, -0.15) is 0 Å². The lowest BCUT2D eigenvalue weighted by Gasteiger charge is -2.35. The molecule has 0 unspecified atom stereocenters. The largest absolute Gasteiger partial charge is 0.497 e. The lowest BCUT2D eigenvalue weighted by molar-refractivity contribution is 0.0228. The minimum atomic E-state index is -0.358. The first-order valence-electron chi connectivity index (χ1n) is 8.84. The van der Waals surface area contributed by atoms with Gasteiger partial charge in [0.05, 0.1) is 48.2 Å². The van der Waals surface area contributed by atoms with Crippen molar-refractivity contribution in [1.82, 2.24) is 13.7 Å². The molecule has 2 aromatic heterocycles. The Labute approximate surface area is 156 Å². The van der Waals surface area contributed by atoms with Crippen molar-refractivity contribution < 1.29 is 9.47 Å². The molecule has 0 fully saturated rings. The van der Waals surface area contributed by atoms with Crippen LogP contribution in [0, 0.1) is 0 Å². The molecule has 3 aromatic rings. The zero-order valence-corrected chi connectivity index (χ0v) is 16.2. The Morgan fingerprint density at radius 2 is 1.74 bits per heavy atom. The van der Waals surface area contributed by atoms with Crippen molar-refractivity contribution in [2.45, 2.75) is 26.0 Å². The zero-order chi connectivity index (χ0) is 19.5. The molecule has 0 atom stereocenters. The lowest BCUT2D eigenvalue weighted by atomic mass is 10.0. The molecular formula is C20H23N3O4. The standard InChI is InChI=1S/C20H23N3O4/c1-20(2)11-27-10-14-17-15(18(24)22(4)19(25)21(17)3)16(23(14)20)12-6-8-13(26-5)9-7-12/h6-9H,10-11H2,1-5H3. The van der Waals surface area contributed by atoms with Gasteiger partial charge in [-0.05, 0) is 43.7 Å². The summed E-state index contributed by atoms with van der Waals surface area (Å²) < 4.78 is 15.9. The quantitative estimate of drug-likeness (QED) is 0.693. The SMILES string of the molecule is COc1ccc(-c2c3c(=O)n(C)c(=O)n(C)c3c3n2C(C)(C)COC3)cc1. The lowest BCUT2D eigenvalue weighted by Crippen LogP contribution is -2.38. The van der Waals surface area contributed by atoms with Crippen LogP contribution in [0.3, 0.4) is 0 Å². The Kier molecular flexibility index (Phi) is 3.82. The summed E-state index contributed by atoms with van der Waals surface area (Å²) in [6, 6.07) is 7.63. The summed E-state index contributed by atoms with van der Waals surface area (Å²) in [5, 5.41) is 0.540. The first-order chi connectivity index (χ1) is 12.8. The van der Waals surface area contributed by atoms with Crippen molar-refractivity contribution in [2.75, 3.05) is 13.7 Å². The van der Waals surface area contributed by atoms with Crippen LogP contribution in [0.1, 0.15) is 19.5 Å². The van der Waals surface area contributed by atoms with E-state index in [1.165, 1.54) is 7.05 Å². The van der Waals surface area contributed by atoms with Gasteiger partial charge in [-0.25, -0.2) is 4.79 Å². The van der Waals surface area contributed by atoms with E-state index in [4.69, 9.17) is 9.47 Å². The first kappa shape index (κ1) is 17.6. The van der Waals surface area contributed by atoms with Gasteiger partial charge < -0.3 is 14.0 Å². The summed E-state index contributed by atoms with van der Waals surface area (Å²) in [4.78, 5) is 25.7. The summed E-state index contributed by atoms with van der Waals surface area (Å²) in [6.45, 7) is 5.03. The zero-order valence-electron chi connectivity index (χ0n) is 16.2. The van der Waals surface area contributed by atoms with Crippen molar-refractivity contribution in [3.63, 3.8) is 0 Å². The van der Waals surface area contributed by atoms with Crippen molar-refractivity contribution in [3.05, 3.63) is 50.8 Å². The van der Waals surface area contributed by atoms with Crippen LogP contribution >= 0.6 is 0 Å². The maximum Gasteiger partial charge on any atom is 0.331 e. The fourth-order valence-corrected chi connectivity index (χ4v) is 4.03. The number of methoxy groups -OCH3 is 1. The molecule has 0 saturated heterocycles. The van der Waals surface area contributed by atoms with Gasteiger partial charge >= 0.3 is 5.69 Å². The second-order valence-electron chi connectivity index (χ2n) is 7.59. The van der Waals surface area contributed by atoms with E-state index in [0.717, 1.165) is 27.3 Å². The molecule has 4 rings (SSSR count). The summed E-state index contributed by atoms with van der Waals surface area (Å²) in [6.07, 6.45) is 0. The number of nitrogens with zero attached hydrogens (tertiary/aromatic N) is 3. The number of aryl methyl sites for hydroxylation is 1.